The lowest BCUT2D eigenvalue weighted by Crippen LogP contribution is -2.31. The third-order valence-corrected chi connectivity index (χ3v) is 7.03. The number of aromatic nitrogens is 2. The Morgan fingerprint density at radius 2 is 1.75 bits per heavy atom. The Morgan fingerprint density at radius 1 is 1.09 bits per heavy atom. The third kappa shape index (κ3) is 4.41. The lowest BCUT2D eigenvalue weighted by molar-refractivity contribution is 0.430. The van der Waals surface area contributed by atoms with E-state index in [1.54, 1.807) is 51.1 Å². The number of nitrogens with zero attached hydrogens (tertiary/aromatic N) is 3. The Bertz CT molecular complexity index is 1370. The van der Waals surface area contributed by atoms with E-state index in [2.05, 4.69) is 9.98 Å². The van der Waals surface area contributed by atoms with Crippen molar-refractivity contribution in [2.24, 2.45) is 4.99 Å². The Labute approximate surface area is 185 Å². The van der Waals surface area contributed by atoms with Crippen molar-refractivity contribution in [3.05, 3.63) is 80.5 Å². The fourth-order valence-electron chi connectivity index (χ4n) is 3.25. The maximum Gasteiger partial charge on any atom is 0.335 e. The summed E-state index contributed by atoms with van der Waals surface area (Å²) in [5.41, 5.74) is -0.405. The molecule has 1 aromatic heterocycles. The lowest BCUT2D eigenvalue weighted by Gasteiger charge is -2.18. The summed E-state index contributed by atoms with van der Waals surface area (Å²) < 4.78 is 27.7. The first-order valence-electron chi connectivity index (χ1n) is 9.99. The normalized spacial score (nSPS) is 12.0. The van der Waals surface area contributed by atoms with Crippen LogP contribution in [0.25, 0.3) is 5.69 Å². The fourth-order valence-corrected chi connectivity index (χ4v) is 4.80. The number of para-hydroxylation sites is 1. The molecule has 0 aliphatic carbocycles. The molecule has 3 aromatic rings. The van der Waals surface area contributed by atoms with E-state index in [4.69, 9.17) is 0 Å². The molecule has 3 rings (SSSR count). The van der Waals surface area contributed by atoms with E-state index in [0.717, 1.165) is 10.8 Å². The summed E-state index contributed by atoms with van der Waals surface area (Å²) in [6.45, 7) is 5.95. The number of aromatic hydroxyl groups is 1. The quantitative estimate of drug-likeness (QED) is 0.528. The number of hydrogen-bond donors (Lipinski definition) is 2. The van der Waals surface area contributed by atoms with Crippen molar-refractivity contribution in [3.63, 3.8) is 0 Å². The topological polar surface area (TPSA) is 125 Å². The van der Waals surface area contributed by atoms with Gasteiger partial charge in [-0.15, -0.1) is 0 Å². The van der Waals surface area contributed by atoms with Gasteiger partial charge in [-0.25, -0.2) is 17.8 Å². The summed E-state index contributed by atoms with van der Waals surface area (Å²) in [6, 6.07) is 12.8. The molecular weight excluding hydrogens is 432 g/mol. The first-order valence-corrected chi connectivity index (χ1v) is 11.4. The summed E-state index contributed by atoms with van der Waals surface area (Å²) in [4.78, 5) is 31.1. The number of H-pyrrole nitrogens is 1. The molecule has 0 spiro atoms. The molecule has 168 valence electrons. The molecule has 9 nitrogen and oxygen atoms in total. The molecule has 0 unspecified atom stereocenters. The standard InChI is InChI=1S/C22H24N4O5S/c1-4-25(5-2)32(30,31)17-11-12-19(15(3)13-17)23-14-18-20(27)24-22(29)26(21(18)28)16-9-7-6-8-10-16/h6-14,28H,4-5H2,1-3H3,(H,24,27,29). The third-order valence-electron chi connectivity index (χ3n) is 4.98. The Hall–Kier alpha value is -3.50. The van der Waals surface area contributed by atoms with Gasteiger partial charge in [0.25, 0.3) is 5.56 Å². The lowest BCUT2D eigenvalue weighted by atomic mass is 10.2. The molecule has 1 heterocycles. The highest BCUT2D eigenvalue weighted by atomic mass is 32.2. The van der Waals surface area contributed by atoms with E-state index in [1.807, 2.05) is 0 Å². The van der Waals surface area contributed by atoms with Crippen LogP contribution < -0.4 is 11.2 Å². The van der Waals surface area contributed by atoms with Crippen LogP contribution in [0.2, 0.25) is 0 Å². The summed E-state index contributed by atoms with van der Waals surface area (Å²) in [5, 5.41) is 10.6. The van der Waals surface area contributed by atoms with Crippen LogP contribution in [0.4, 0.5) is 5.69 Å². The van der Waals surface area contributed by atoms with E-state index in [9.17, 15) is 23.1 Å². The molecular formula is C22H24N4O5S. The summed E-state index contributed by atoms with van der Waals surface area (Å²) in [5.74, 6) is -0.549. The van der Waals surface area contributed by atoms with Crippen molar-refractivity contribution in [2.45, 2.75) is 25.7 Å². The van der Waals surface area contributed by atoms with Crippen molar-refractivity contribution < 1.29 is 13.5 Å². The van der Waals surface area contributed by atoms with Crippen LogP contribution in [-0.2, 0) is 10.0 Å². The molecule has 2 N–H and O–H groups in total. The molecule has 0 radical (unpaired) electrons. The van der Waals surface area contributed by atoms with Gasteiger partial charge < -0.3 is 5.11 Å². The molecule has 0 aliphatic heterocycles. The number of aromatic amines is 1. The zero-order chi connectivity index (χ0) is 23.5. The molecule has 0 fully saturated rings. The number of nitrogens with one attached hydrogen (secondary N) is 1. The van der Waals surface area contributed by atoms with Crippen molar-refractivity contribution >= 4 is 21.9 Å². The van der Waals surface area contributed by atoms with Crippen LogP contribution in [0.15, 0.2) is 68.0 Å². The average molecular weight is 457 g/mol. The predicted octanol–water partition coefficient (Wildman–Crippen LogP) is 2.32. The van der Waals surface area contributed by atoms with Gasteiger partial charge in [0.05, 0.1) is 16.3 Å². The monoisotopic (exact) mass is 456 g/mol. The molecule has 0 aliphatic rings. The molecule has 2 aromatic carbocycles. The van der Waals surface area contributed by atoms with Crippen LogP contribution in [-0.4, -0.2) is 46.7 Å². The van der Waals surface area contributed by atoms with Crippen LogP contribution in [0.5, 0.6) is 5.88 Å². The number of sulfonamides is 1. The van der Waals surface area contributed by atoms with E-state index in [0.29, 0.717) is 30.0 Å². The summed E-state index contributed by atoms with van der Waals surface area (Å²) in [6.07, 6.45) is 1.15. The number of hydrogen-bond acceptors (Lipinski definition) is 6. The zero-order valence-electron chi connectivity index (χ0n) is 17.9. The second-order valence-electron chi connectivity index (χ2n) is 6.96. The van der Waals surface area contributed by atoms with Gasteiger partial charge in [-0.1, -0.05) is 32.0 Å². The molecule has 10 heteroatoms. The van der Waals surface area contributed by atoms with Crippen LogP contribution >= 0.6 is 0 Å². The smallest absolute Gasteiger partial charge is 0.335 e. The van der Waals surface area contributed by atoms with Gasteiger partial charge in [-0.3, -0.25) is 14.8 Å². The fraction of sp³-hybridized carbons (Fsp3) is 0.227. The van der Waals surface area contributed by atoms with Crippen molar-refractivity contribution in [1.29, 1.82) is 0 Å². The van der Waals surface area contributed by atoms with E-state index < -0.39 is 27.2 Å². The van der Waals surface area contributed by atoms with Gasteiger partial charge in [-0.2, -0.15) is 4.31 Å². The Morgan fingerprint density at radius 3 is 2.34 bits per heavy atom. The van der Waals surface area contributed by atoms with Gasteiger partial charge in [0.1, 0.15) is 5.56 Å². The average Bonchev–Trinajstić information content (AvgIpc) is 2.75. The molecule has 0 saturated heterocycles. The van der Waals surface area contributed by atoms with Crippen LogP contribution in [0, 0.1) is 6.92 Å². The largest absolute Gasteiger partial charge is 0.493 e. The Balaban J connectivity index is 2.02. The van der Waals surface area contributed by atoms with Gasteiger partial charge >= 0.3 is 5.69 Å². The molecule has 32 heavy (non-hydrogen) atoms. The molecule has 0 saturated carbocycles. The predicted molar refractivity (Wildman–Crippen MR) is 123 cm³/mol. The number of aryl methyl sites for hydroxylation is 1. The number of aliphatic imine (C=N–C) groups is 1. The first-order chi connectivity index (χ1) is 15.2. The Kier molecular flexibility index (Phi) is 6.75. The van der Waals surface area contributed by atoms with E-state index in [-0.39, 0.29) is 10.5 Å². The zero-order valence-corrected chi connectivity index (χ0v) is 18.8. The summed E-state index contributed by atoms with van der Waals surface area (Å²) >= 11 is 0. The second kappa shape index (κ2) is 9.33. The molecule has 0 atom stereocenters. The van der Waals surface area contributed by atoms with Gasteiger partial charge in [0, 0.05) is 19.3 Å². The van der Waals surface area contributed by atoms with E-state index >= 15 is 0 Å². The molecule has 0 amide bonds. The highest BCUT2D eigenvalue weighted by molar-refractivity contribution is 7.89. The second-order valence-corrected chi connectivity index (χ2v) is 8.90. The maximum atomic E-state index is 12.7. The molecule has 0 bridgehead atoms. The minimum atomic E-state index is -3.61. The SMILES string of the molecule is CCN(CC)S(=O)(=O)c1ccc(N=Cc2c(O)n(-c3ccccc3)c(=O)[nH]c2=O)c(C)c1. The minimum absolute atomic E-state index is 0.149. The van der Waals surface area contributed by atoms with Crippen molar-refractivity contribution in [2.75, 3.05) is 13.1 Å². The maximum absolute atomic E-state index is 12.7. The first kappa shape index (κ1) is 23.2. The van der Waals surface area contributed by atoms with E-state index in [1.165, 1.54) is 22.5 Å². The van der Waals surface area contributed by atoms with Crippen molar-refractivity contribution in [3.8, 4) is 11.6 Å². The summed E-state index contributed by atoms with van der Waals surface area (Å²) in [7, 11) is -3.61. The minimum Gasteiger partial charge on any atom is -0.493 e. The number of rotatable bonds is 7. The van der Waals surface area contributed by atoms with Gasteiger partial charge in [0.2, 0.25) is 15.9 Å². The van der Waals surface area contributed by atoms with Crippen LogP contribution in [0.1, 0.15) is 25.0 Å². The highest BCUT2D eigenvalue weighted by Crippen LogP contribution is 2.25. The number of benzene rings is 2. The highest BCUT2D eigenvalue weighted by Gasteiger charge is 2.22. The van der Waals surface area contributed by atoms with Crippen LogP contribution in [0.3, 0.4) is 0 Å². The van der Waals surface area contributed by atoms with Crippen molar-refractivity contribution in [1.82, 2.24) is 13.9 Å². The van der Waals surface area contributed by atoms with Gasteiger partial charge in [0.15, 0.2) is 0 Å². The van der Waals surface area contributed by atoms with Gasteiger partial charge in [-0.05, 0) is 42.8 Å².